The summed E-state index contributed by atoms with van der Waals surface area (Å²) < 4.78 is 7.03. The number of nitrogens with one attached hydrogen (secondary N) is 1. The van der Waals surface area contributed by atoms with Gasteiger partial charge < -0.3 is 15.0 Å². The number of ether oxygens (including phenoxy) is 1. The zero-order valence-electron chi connectivity index (χ0n) is 16.6. The molecule has 8 heteroatoms. The molecule has 1 N–H and O–H groups in total. The average Bonchev–Trinajstić information content (AvgIpc) is 3.19. The van der Waals surface area contributed by atoms with Crippen molar-refractivity contribution < 1.29 is 14.3 Å². The quantitative estimate of drug-likeness (QED) is 0.679. The van der Waals surface area contributed by atoms with Gasteiger partial charge in [0.25, 0.3) is 0 Å². The number of nitrogens with zero attached hydrogens (tertiary/aromatic N) is 3. The molecule has 0 aliphatic carbocycles. The van der Waals surface area contributed by atoms with Crippen molar-refractivity contribution >= 4 is 34.1 Å². The molecule has 1 aliphatic heterocycles. The zero-order valence-corrected chi connectivity index (χ0v) is 16.6. The monoisotopic (exact) mass is 406 g/mol. The van der Waals surface area contributed by atoms with Gasteiger partial charge in [0.15, 0.2) is 0 Å². The van der Waals surface area contributed by atoms with E-state index in [9.17, 15) is 14.4 Å². The summed E-state index contributed by atoms with van der Waals surface area (Å²) in [5, 5.41) is 7.58. The van der Waals surface area contributed by atoms with Crippen LogP contribution in [0.1, 0.15) is 19.3 Å². The lowest BCUT2D eigenvalue weighted by Crippen LogP contribution is -2.24. The molecule has 0 saturated carbocycles. The van der Waals surface area contributed by atoms with Crippen LogP contribution in [-0.4, -0.2) is 35.2 Å². The minimum atomic E-state index is -0.191. The molecule has 30 heavy (non-hydrogen) atoms. The van der Waals surface area contributed by atoms with E-state index in [0.29, 0.717) is 47.5 Å². The van der Waals surface area contributed by atoms with Crippen molar-refractivity contribution in [3.8, 4) is 5.75 Å². The molecule has 3 aromatic rings. The first-order valence-electron chi connectivity index (χ1n) is 9.80. The first-order valence-corrected chi connectivity index (χ1v) is 9.80. The predicted molar refractivity (Wildman–Crippen MR) is 114 cm³/mol. The molecule has 1 fully saturated rings. The van der Waals surface area contributed by atoms with Gasteiger partial charge in [0.05, 0.1) is 31.1 Å². The fourth-order valence-corrected chi connectivity index (χ4v) is 3.65. The fraction of sp³-hybridized carbons (Fsp3) is 0.273. The van der Waals surface area contributed by atoms with Gasteiger partial charge in [0.2, 0.25) is 17.2 Å². The minimum Gasteiger partial charge on any atom is -0.495 e. The van der Waals surface area contributed by atoms with E-state index in [1.54, 1.807) is 47.0 Å². The van der Waals surface area contributed by atoms with Crippen LogP contribution in [0.2, 0.25) is 0 Å². The number of para-hydroxylation sites is 1. The summed E-state index contributed by atoms with van der Waals surface area (Å²) in [7, 11) is 1.55. The number of amides is 2. The number of aryl methyl sites for hydroxylation is 1. The molecule has 0 bridgehead atoms. The summed E-state index contributed by atoms with van der Waals surface area (Å²) in [6, 6.07) is 12.4. The van der Waals surface area contributed by atoms with E-state index >= 15 is 0 Å². The van der Waals surface area contributed by atoms with E-state index in [-0.39, 0.29) is 23.7 Å². The van der Waals surface area contributed by atoms with Crippen LogP contribution < -0.4 is 20.4 Å². The third-order valence-electron chi connectivity index (χ3n) is 5.14. The molecule has 154 valence electrons. The van der Waals surface area contributed by atoms with Gasteiger partial charge in [-0.2, -0.15) is 5.10 Å². The van der Waals surface area contributed by atoms with Crippen molar-refractivity contribution in [3.05, 3.63) is 58.9 Å². The van der Waals surface area contributed by atoms with Crippen molar-refractivity contribution in [1.29, 1.82) is 0 Å². The molecule has 0 atom stereocenters. The second-order valence-electron chi connectivity index (χ2n) is 7.08. The second-order valence-corrected chi connectivity index (χ2v) is 7.08. The normalized spacial score (nSPS) is 13.6. The lowest BCUT2D eigenvalue weighted by Gasteiger charge is -2.20. The molecule has 1 aromatic heterocycles. The third-order valence-corrected chi connectivity index (χ3v) is 5.14. The van der Waals surface area contributed by atoms with Gasteiger partial charge in [-0.3, -0.25) is 19.1 Å². The molecule has 0 spiro atoms. The molecule has 0 radical (unpaired) electrons. The summed E-state index contributed by atoms with van der Waals surface area (Å²) in [6.45, 7) is 0.970. The Morgan fingerprint density at radius 2 is 2.03 bits per heavy atom. The molecule has 1 aliphatic rings. The molecule has 2 heterocycles. The average molecular weight is 406 g/mol. The number of hydrogen-bond acceptors (Lipinski definition) is 5. The second kappa shape index (κ2) is 8.36. The van der Waals surface area contributed by atoms with Gasteiger partial charge in [-0.1, -0.05) is 12.1 Å². The van der Waals surface area contributed by atoms with E-state index in [4.69, 9.17) is 4.74 Å². The lowest BCUT2D eigenvalue weighted by molar-refractivity contribution is -0.117. The summed E-state index contributed by atoms with van der Waals surface area (Å²) in [5.41, 5.74) is 1.80. The molecule has 0 unspecified atom stereocenters. The van der Waals surface area contributed by atoms with Crippen LogP contribution in [0.5, 0.6) is 5.75 Å². The molecule has 4 rings (SSSR count). The number of fused-ring (bicyclic) bond motifs is 1. The number of hydrogen-bond donors (Lipinski definition) is 1. The number of benzene rings is 2. The van der Waals surface area contributed by atoms with Gasteiger partial charge in [0.1, 0.15) is 5.75 Å². The SMILES string of the molecule is COc1ccc(NC(=O)CCn2ncc(=O)c3ccccc32)cc1N1CCCC1=O. The maximum absolute atomic E-state index is 12.5. The molecular formula is C22H22N4O4. The smallest absolute Gasteiger partial charge is 0.227 e. The van der Waals surface area contributed by atoms with Crippen molar-refractivity contribution in [1.82, 2.24) is 9.78 Å². The summed E-state index contributed by atoms with van der Waals surface area (Å²) in [4.78, 5) is 38.3. The Morgan fingerprint density at radius 1 is 1.20 bits per heavy atom. The van der Waals surface area contributed by atoms with Crippen molar-refractivity contribution in [2.24, 2.45) is 0 Å². The van der Waals surface area contributed by atoms with Crippen LogP contribution in [0.15, 0.2) is 53.5 Å². The Labute approximate surface area is 173 Å². The van der Waals surface area contributed by atoms with E-state index in [0.717, 1.165) is 6.42 Å². The van der Waals surface area contributed by atoms with Crippen LogP contribution in [0.4, 0.5) is 11.4 Å². The molecular weight excluding hydrogens is 384 g/mol. The number of aromatic nitrogens is 2. The Morgan fingerprint density at radius 3 is 2.80 bits per heavy atom. The Hall–Kier alpha value is -3.68. The first-order chi connectivity index (χ1) is 14.6. The van der Waals surface area contributed by atoms with E-state index < -0.39 is 0 Å². The molecule has 2 aromatic carbocycles. The van der Waals surface area contributed by atoms with Gasteiger partial charge in [-0.25, -0.2) is 0 Å². The Balaban J connectivity index is 1.48. The summed E-state index contributed by atoms with van der Waals surface area (Å²) in [5.74, 6) is 0.448. The van der Waals surface area contributed by atoms with Gasteiger partial charge >= 0.3 is 0 Å². The van der Waals surface area contributed by atoms with Crippen molar-refractivity contribution in [3.63, 3.8) is 0 Å². The Kier molecular flexibility index (Phi) is 5.47. The standard InChI is InChI=1S/C22H22N4O4/c1-30-20-9-8-15(13-18(20)25-11-4-7-22(25)29)24-21(28)10-12-26-17-6-3-2-5-16(17)19(27)14-23-26/h2-3,5-6,8-9,13-14H,4,7,10-12H2,1H3,(H,24,28). The highest BCUT2D eigenvalue weighted by Crippen LogP contribution is 2.34. The van der Waals surface area contributed by atoms with Crippen LogP contribution in [0.25, 0.3) is 10.9 Å². The number of anilines is 2. The third kappa shape index (κ3) is 3.89. The first kappa shape index (κ1) is 19.6. The minimum absolute atomic E-state index is 0.0490. The maximum Gasteiger partial charge on any atom is 0.227 e. The van der Waals surface area contributed by atoms with E-state index in [2.05, 4.69) is 10.4 Å². The number of carbonyl (C=O) groups excluding carboxylic acids is 2. The van der Waals surface area contributed by atoms with Crippen LogP contribution >= 0.6 is 0 Å². The van der Waals surface area contributed by atoms with Crippen molar-refractivity contribution in [2.75, 3.05) is 23.9 Å². The van der Waals surface area contributed by atoms with Crippen LogP contribution in [0.3, 0.4) is 0 Å². The van der Waals surface area contributed by atoms with E-state index in [1.165, 1.54) is 6.20 Å². The highest BCUT2D eigenvalue weighted by molar-refractivity contribution is 5.98. The summed E-state index contributed by atoms with van der Waals surface area (Å²) in [6.07, 6.45) is 2.77. The molecule has 8 nitrogen and oxygen atoms in total. The van der Waals surface area contributed by atoms with Gasteiger partial charge in [0, 0.05) is 30.5 Å². The molecule has 1 saturated heterocycles. The lowest BCUT2D eigenvalue weighted by atomic mass is 10.2. The maximum atomic E-state index is 12.5. The van der Waals surface area contributed by atoms with Crippen molar-refractivity contribution in [2.45, 2.75) is 25.8 Å². The number of methoxy groups -OCH3 is 1. The van der Waals surface area contributed by atoms with Gasteiger partial charge in [-0.15, -0.1) is 0 Å². The highest BCUT2D eigenvalue weighted by Gasteiger charge is 2.24. The van der Waals surface area contributed by atoms with E-state index in [1.807, 2.05) is 12.1 Å². The largest absolute Gasteiger partial charge is 0.495 e. The molecule has 2 amide bonds. The van der Waals surface area contributed by atoms with Gasteiger partial charge in [-0.05, 0) is 36.8 Å². The Bertz CT molecular complexity index is 1170. The number of carbonyl (C=O) groups is 2. The topological polar surface area (TPSA) is 93.5 Å². The highest BCUT2D eigenvalue weighted by atomic mass is 16.5. The number of rotatable bonds is 6. The van der Waals surface area contributed by atoms with Crippen LogP contribution in [-0.2, 0) is 16.1 Å². The predicted octanol–water partition coefficient (Wildman–Crippen LogP) is 2.56. The zero-order chi connectivity index (χ0) is 21.1. The van der Waals surface area contributed by atoms with Crippen LogP contribution in [0, 0.1) is 0 Å². The fourth-order valence-electron chi connectivity index (χ4n) is 3.65. The summed E-state index contributed by atoms with van der Waals surface area (Å²) >= 11 is 0.